The fourth-order valence-corrected chi connectivity index (χ4v) is 3.41. The first-order chi connectivity index (χ1) is 9.08. The molecule has 0 bridgehead atoms. The first-order valence-corrected chi connectivity index (χ1v) is 7.92. The van der Waals surface area contributed by atoms with Gasteiger partial charge in [-0.1, -0.05) is 17.7 Å². The van der Waals surface area contributed by atoms with Crippen molar-refractivity contribution >= 4 is 41.7 Å². The van der Waals surface area contributed by atoms with E-state index in [-0.39, 0.29) is 24.0 Å². The van der Waals surface area contributed by atoms with Crippen LogP contribution in [0.5, 0.6) is 0 Å². The van der Waals surface area contributed by atoms with Crippen LogP contribution in [0.2, 0.25) is 0 Å². The second-order valence-corrected chi connectivity index (χ2v) is 6.38. The highest BCUT2D eigenvalue weighted by Gasteiger charge is 2.12. The fourth-order valence-electron chi connectivity index (χ4n) is 2.51. The smallest absolute Gasteiger partial charge is 0.191 e. The molecule has 112 valence electrons. The largest absolute Gasteiger partial charge is 0.370 e. The molecule has 0 spiro atoms. The molecule has 2 N–H and O–H groups in total. The van der Waals surface area contributed by atoms with Gasteiger partial charge in [-0.3, -0.25) is 0 Å². The maximum absolute atomic E-state index is 6.09. The second kappa shape index (κ2) is 8.12. The molecule has 1 heterocycles. The first-order valence-electron chi connectivity index (χ1n) is 6.77. The topological polar surface area (TPSA) is 41.6 Å². The molecule has 0 aliphatic carbocycles. The van der Waals surface area contributed by atoms with E-state index >= 15 is 0 Å². The molecule has 1 aliphatic rings. The van der Waals surface area contributed by atoms with Crippen molar-refractivity contribution in [2.24, 2.45) is 10.7 Å². The summed E-state index contributed by atoms with van der Waals surface area (Å²) < 4.78 is 0. The van der Waals surface area contributed by atoms with Gasteiger partial charge >= 0.3 is 0 Å². The molecule has 20 heavy (non-hydrogen) atoms. The van der Waals surface area contributed by atoms with E-state index in [0.717, 1.165) is 24.6 Å². The highest BCUT2D eigenvalue weighted by molar-refractivity contribution is 14.0. The summed E-state index contributed by atoms with van der Waals surface area (Å²) >= 11 is 1.98. The van der Waals surface area contributed by atoms with Crippen molar-refractivity contribution in [2.45, 2.75) is 27.3 Å². The van der Waals surface area contributed by atoms with E-state index < -0.39 is 0 Å². The Bertz CT molecular complexity index is 459. The van der Waals surface area contributed by atoms with Gasteiger partial charge in [-0.05, 0) is 37.5 Å². The van der Waals surface area contributed by atoms with Crippen LogP contribution in [-0.4, -0.2) is 35.5 Å². The summed E-state index contributed by atoms with van der Waals surface area (Å²) in [7, 11) is 0. The zero-order valence-electron chi connectivity index (χ0n) is 12.5. The van der Waals surface area contributed by atoms with Crippen molar-refractivity contribution in [1.82, 2.24) is 4.90 Å². The Balaban J connectivity index is 0.00000200. The fraction of sp³-hybridized carbons (Fsp3) is 0.533. The predicted octanol–water partition coefficient (Wildman–Crippen LogP) is 3.09. The monoisotopic (exact) mass is 405 g/mol. The number of hydrogen-bond acceptors (Lipinski definition) is 2. The van der Waals surface area contributed by atoms with E-state index in [1.165, 1.54) is 22.3 Å². The molecule has 1 aromatic carbocycles. The van der Waals surface area contributed by atoms with Crippen LogP contribution in [0.25, 0.3) is 0 Å². The lowest BCUT2D eigenvalue weighted by Gasteiger charge is -2.27. The Morgan fingerprint density at radius 3 is 2.30 bits per heavy atom. The lowest BCUT2D eigenvalue weighted by molar-refractivity contribution is 0.455. The van der Waals surface area contributed by atoms with Crippen molar-refractivity contribution in [3.63, 3.8) is 0 Å². The van der Waals surface area contributed by atoms with E-state index in [2.05, 4.69) is 42.8 Å². The summed E-state index contributed by atoms with van der Waals surface area (Å²) in [6, 6.07) is 4.43. The number of aliphatic imine (C=N–C) groups is 1. The van der Waals surface area contributed by atoms with Crippen molar-refractivity contribution in [3.05, 3.63) is 34.4 Å². The minimum Gasteiger partial charge on any atom is -0.370 e. The van der Waals surface area contributed by atoms with Gasteiger partial charge in [-0.2, -0.15) is 11.8 Å². The van der Waals surface area contributed by atoms with E-state index in [1.54, 1.807) is 0 Å². The Labute approximate surface area is 143 Å². The van der Waals surface area contributed by atoms with Gasteiger partial charge in [0.15, 0.2) is 5.96 Å². The van der Waals surface area contributed by atoms with E-state index in [9.17, 15) is 0 Å². The van der Waals surface area contributed by atoms with E-state index in [4.69, 9.17) is 5.73 Å². The summed E-state index contributed by atoms with van der Waals surface area (Å²) in [5.74, 6) is 3.00. The predicted molar refractivity (Wildman–Crippen MR) is 100 cm³/mol. The summed E-state index contributed by atoms with van der Waals surface area (Å²) in [6.07, 6.45) is 0. The molecule has 0 unspecified atom stereocenters. The number of benzene rings is 1. The lowest BCUT2D eigenvalue weighted by atomic mass is 10.00. The summed E-state index contributed by atoms with van der Waals surface area (Å²) in [4.78, 5) is 6.77. The Morgan fingerprint density at radius 1 is 1.20 bits per heavy atom. The van der Waals surface area contributed by atoms with Crippen LogP contribution in [0.15, 0.2) is 17.1 Å². The van der Waals surface area contributed by atoms with Gasteiger partial charge in [-0.15, -0.1) is 24.0 Å². The third kappa shape index (κ3) is 4.55. The Morgan fingerprint density at radius 2 is 1.75 bits per heavy atom. The molecule has 3 nitrogen and oxygen atoms in total. The second-order valence-electron chi connectivity index (χ2n) is 5.15. The Kier molecular flexibility index (Phi) is 7.15. The minimum atomic E-state index is 0. The first kappa shape index (κ1) is 17.6. The summed E-state index contributed by atoms with van der Waals surface area (Å²) in [5.41, 5.74) is 11.3. The van der Waals surface area contributed by atoms with Crippen LogP contribution in [-0.2, 0) is 6.54 Å². The molecule has 1 aliphatic heterocycles. The van der Waals surface area contributed by atoms with Crippen molar-refractivity contribution in [2.75, 3.05) is 24.6 Å². The molecule has 1 saturated heterocycles. The number of halogens is 1. The number of nitrogens with two attached hydrogens (primary N) is 1. The molecule has 0 saturated carbocycles. The Hall–Kier alpha value is -0.430. The zero-order chi connectivity index (χ0) is 13.8. The van der Waals surface area contributed by atoms with Crippen LogP contribution < -0.4 is 5.73 Å². The maximum atomic E-state index is 6.09. The number of aryl methyl sites for hydroxylation is 3. The number of nitrogens with zero attached hydrogens (tertiary/aromatic N) is 2. The lowest BCUT2D eigenvalue weighted by Crippen LogP contribution is -2.42. The normalized spacial score (nSPS) is 15.9. The van der Waals surface area contributed by atoms with Crippen LogP contribution in [0, 0.1) is 20.8 Å². The highest BCUT2D eigenvalue weighted by Crippen LogP contribution is 2.17. The SMILES string of the molecule is Cc1cc(C)c(CN=C(N)N2CCSCC2)c(C)c1.I. The zero-order valence-corrected chi connectivity index (χ0v) is 15.6. The van der Waals surface area contributed by atoms with Gasteiger partial charge in [0.1, 0.15) is 0 Å². The molecule has 0 aromatic heterocycles. The van der Waals surface area contributed by atoms with E-state index in [1.807, 2.05) is 11.8 Å². The van der Waals surface area contributed by atoms with Gasteiger partial charge in [0, 0.05) is 24.6 Å². The average Bonchev–Trinajstić information content (AvgIpc) is 2.38. The van der Waals surface area contributed by atoms with Crippen LogP contribution >= 0.6 is 35.7 Å². The summed E-state index contributed by atoms with van der Waals surface area (Å²) in [5, 5.41) is 0. The van der Waals surface area contributed by atoms with Gasteiger partial charge < -0.3 is 10.6 Å². The minimum absolute atomic E-state index is 0. The molecule has 1 aromatic rings. The summed E-state index contributed by atoms with van der Waals surface area (Å²) in [6.45, 7) is 9.16. The van der Waals surface area contributed by atoms with Crippen molar-refractivity contribution < 1.29 is 0 Å². The molecule has 0 atom stereocenters. The molecule has 1 fully saturated rings. The molecule has 2 rings (SSSR count). The van der Waals surface area contributed by atoms with Crippen molar-refractivity contribution in [3.8, 4) is 0 Å². The van der Waals surface area contributed by atoms with E-state index in [0.29, 0.717) is 12.5 Å². The van der Waals surface area contributed by atoms with Gasteiger partial charge in [0.05, 0.1) is 6.54 Å². The molecule has 0 radical (unpaired) electrons. The standard InChI is InChI=1S/C15H23N3S.HI/c1-11-8-12(2)14(13(3)9-11)10-17-15(16)18-4-6-19-7-5-18;/h8-9H,4-7,10H2,1-3H3,(H2,16,17);1H. The number of rotatable bonds is 2. The number of thioether (sulfide) groups is 1. The third-order valence-electron chi connectivity index (χ3n) is 3.57. The van der Waals surface area contributed by atoms with Crippen LogP contribution in [0.4, 0.5) is 0 Å². The number of hydrogen-bond donors (Lipinski definition) is 1. The molecule has 5 heteroatoms. The highest BCUT2D eigenvalue weighted by atomic mass is 127. The number of guanidine groups is 1. The van der Waals surface area contributed by atoms with Gasteiger partial charge in [0.25, 0.3) is 0 Å². The van der Waals surface area contributed by atoms with Crippen LogP contribution in [0.3, 0.4) is 0 Å². The van der Waals surface area contributed by atoms with Crippen LogP contribution in [0.1, 0.15) is 22.3 Å². The molecule has 0 amide bonds. The van der Waals surface area contributed by atoms with Gasteiger partial charge in [-0.25, -0.2) is 4.99 Å². The maximum Gasteiger partial charge on any atom is 0.191 e. The molecular weight excluding hydrogens is 381 g/mol. The quantitative estimate of drug-likeness (QED) is 0.467. The van der Waals surface area contributed by atoms with Gasteiger partial charge in [0.2, 0.25) is 0 Å². The third-order valence-corrected chi connectivity index (χ3v) is 4.52. The average molecular weight is 405 g/mol. The van der Waals surface area contributed by atoms with Crippen molar-refractivity contribution in [1.29, 1.82) is 0 Å². The molecular formula is C15H24IN3S.